The molecule has 0 bridgehead atoms. The molecule has 0 atom stereocenters. The molecular weight excluding hydrogens is 298 g/mol. The van der Waals surface area contributed by atoms with Crippen LogP contribution in [0.15, 0.2) is 24.4 Å². The fraction of sp³-hybridized carbons (Fsp3) is 0.0833. The van der Waals surface area contributed by atoms with E-state index in [1.54, 1.807) is 6.92 Å². The van der Waals surface area contributed by atoms with Crippen LogP contribution in [0.3, 0.4) is 0 Å². The van der Waals surface area contributed by atoms with Crippen molar-refractivity contribution >= 4 is 34.6 Å². The van der Waals surface area contributed by atoms with Crippen molar-refractivity contribution in [1.29, 1.82) is 0 Å². The van der Waals surface area contributed by atoms with E-state index in [-0.39, 0.29) is 16.9 Å². The Morgan fingerprint density at radius 1 is 1.43 bits per heavy atom. The van der Waals surface area contributed by atoms with Crippen LogP contribution in [0.25, 0.3) is 0 Å². The number of carbonyl (C=O) groups is 2. The Hall–Kier alpha value is -2.81. The van der Waals surface area contributed by atoms with Gasteiger partial charge in [-0.2, -0.15) is 0 Å². The number of carboxylic acids is 1. The number of hydrogen-bond acceptors (Lipinski definition) is 6. The van der Waals surface area contributed by atoms with Gasteiger partial charge in [-0.1, -0.05) is 0 Å². The Morgan fingerprint density at radius 3 is 2.67 bits per heavy atom. The molecule has 2 rings (SSSR count). The number of nitrogens with zero attached hydrogens (tertiary/aromatic N) is 2. The largest absolute Gasteiger partial charge is 0.478 e. The maximum absolute atomic E-state index is 12.0. The number of hydrogen-bond donors (Lipinski definition) is 2. The molecule has 2 N–H and O–H groups in total. The predicted octanol–water partition coefficient (Wildman–Crippen LogP) is 2.31. The van der Waals surface area contributed by atoms with Crippen molar-refractivity contribution in [2.75, 3.05) is 5.32 Å². The Kier molecular flexibility index (Phi) is 3.94. The van der Waals surface area contributed by atoms with Crippen molar-refractivity contribution in [3.05, 3.63) is 50.0 Å². The van der Waals surface area contributed by atoms with Gasteiger partial charge in [0.25, 0.3) is 11.6 Å². The molecule has 108 valence electrons. The summed E-state index contributed by atoms with van der Waals surface area (Å²) in [5, 5.41) is 22.8. The molecule has 8 nitrogen and oxygen atoms in total. The smallest absolute Gasteiger partial charge is 0.338 e. The van der Waals surface area contributed by atoms with Crippen LogP contribution in [0.5, 0.6) is 0 Å². The first kappa shape index (κ1) is 14.6. The number of carbonyl (C=O) groups excluding carboxylic acids is 1. The highest BCUT2D eigenvalue weighted by molar-refractivity contribution is 7.13. The van der Waals surface area contributed by atoms with E-state index in [1.807, 2.05) is 0 Å². The highest BCUT2D eigenvalue weighted by Crippen LogP contribution is 2.23. The number of aromatic nitrogens is 1. The number of nitro benzene ring substituents is 1. The summed E-state index contributed by atoms with van der Waals surface area (Å²) in [6.07, 6.45) is 1.38. The van der Waals surface area contributed by atoms with Gasteiger partial charge in [0.15, 0.2) is 0 Å². The minimum atomic E-state index is -1.37. The van der Waals surface area contributed by atoms with E-state index in [1.165, 1.54) is 12.3 Å². The van der Waals surface area contributed by atoms with Crippen LogP contribution in [0, 0.1) is 17.0 Å². The summed E-state index contributed by atoms with van der Waals surface area (Å²) in [5.74, 6) is -1.88. The van der Waals surface area contributed by atoms with Crippen LogP contribution in [0.2, 0.25) is 0 Å². The molecule has 0 unspecified atom stereocenters. The van der Waals surface area contributed by atoms with Gasteiger partial charge < -0.3 is 10.4 Å². The number of rotatable bonds is 4. The molecule has 1 aromatic carbocycles. The van der Waals surface area contributed by atoms with Crippen molar-refractivity contribution in [1.82, 2.24) is 4.98 Å². The topological polar surface area (TPSA) is 122 Å². The number of amides is 1. The number of nitrogens with one attached hydrogen (secondary N) is 1. The molecule has 0 radical (unpaired) electrons. The molecule has 9 heteroatoms. The van der Waals surface area contributed by atoms with Gasteiger partial charge in [0.05, 0.1) is 27.4 Å². The molecule has 1 aromatic heterocycles. The summed E-state index contributed by atoms with van der Waals surface area (Å²) in [5.41, 5.74) is -0.720. The zero-order chi connectivity index (χ0) is 15.6. The lowest BCUT2D eigenvalue weighted by Gasteiger charge is -2.07. The lowest BCUT2D eigenvalue weighted by molar-refractivity contribution is -0.384. The first-order valence-corrected chi connectivity index (χ1v) is 6.45. The van der Waals surface area contributed by atoms with Crippen molar-refractivity contribution in [2.45, 2.75) is 6.92 Å². The highest BCUT2D eigenvalue weighted by atomic mass is 32.1. The molecule has 21 heavy (non-hydrogen) atoms. The zero-order valence-electron chi connectivity index (χ0n) is 10.7. The van der Waals surface area contributed by atoms with Crippen LogP contribution >= 0.6 is 11.3 Å². The van der Waals surface area contributed by atoms with E-state index >= 15 is 0 Å². The molecule has 0 aliphatic carbocycles. The Bertz CT molecular complexity index is 740. The predicted molar refractivity (Wildman–Crippen MR) is 74.9 cm³/mol. The van der Waals surface area contributed by atoms with E-state index in [9.17, 15) is 19.7 Å². The number of thiazole rings is 1. The standard InChI is InChI=1S/C12H9N3O5S/c1-6-13-5-10(21-6)11(16)14-9-3-2-7(15(19)20)4-8(9)12(17)18/h2-5H,1H3,(H,14,16)(H,17,18). The maximum Gasteiger partial charge on any atom is 0.338 e. The quantitative estimate of drug-likeness (QED) is 0.660. The SMILES string of the molecule is Cc1ncc(C(=O)Nc2ccc([N+](=O)[O-])cc2C(=O)O)s1. The van der Waals surface area contributed by atoms with Crippen LogP contribution in [0.1, 0.15) is 25.0 Å². The van der Waals surface area contributed by atoms with Gasteiger partial charge in [0, 0.05) is 12.1 Å². The number of benzene rings is 1. The molecule has 0 saturated carbocycles. The molecule has 0 spiro atoms. The lowest BCUT2D eigenvalue weighted by atomic mass is 10.1. The average molecular weight is 307 g/mol. The van der Waals surface area contributed by atoms with Gasteiger partial charge in [-0.25, -0.2) is 9.78 Å². The van der Waals surface area contributed by atoms with E-state index in [0.29, 0.717) is 9.88 Å². The zero-order valence-corrected chi connectivity index (χ0v) is 11.5. The van der Waals surface area contributed by atoms with Crippen molar-refractivity contribution in [2.24, 2.45) is 0 Å². The van der Waals surface area contributed by atoms with E-state index in [0.717, 1.165) is 23.5 Å². The van der Waals surface area contributed by atoms with Crippen molar-refractivity contribution in [3.63, 3.8) is 0 Å². The number of non-ortho nitro benzene ring substituents is 1. The number of aromatic carboxylic acids is 1. The Balaban J connectivity index is 2.33. The average Bonchev–Trinajstić information content (AvgIpc) is 2.85. The van der Waals surface area contributed by atoms with Gasteiger partial charge >= 0.3 is 5.97 Å². The summed E-state index contributed by atoms with van der Waals surface area (Å²) in [6, 6.07) is 3.21. The minimum Gasteiger partial charge on any atom is -0.478 e. The number of carboxylic acid groups (broad SMARTS) is 1. The normalized spacial score (nSPS) is 10.1. The summed E-state index contributed by atoms with van der Waals surface area (Å²) < 4.78 is 0. The first-order valence-electron chi connectivity index (χ1n) is 5.64. The van der Waals surface area contributed by atoms with Gasteiger partial charge in [-0.3, -0.25) is 14.9 Å². The Labute approximate surface area is 122 Å². The molecule has 0 saturated heterocycles. The molecule has 0 aliphatic rings. The summed E-state index contributed by atoms with van der Waals surface area (Å²) in [6.45, 7) is 1.73. The first-order chi connectivity index (χ1) is 9.88. The van der Waals surface area contributed by atoms with Crippen molar-refractivity contribution < 1.29 is 19.6 Å². The molecule has 2 aromatic rings. The number of anilines is 1. The molecule has 1 amide bonds. The van der Waals surface area contributed by atoms with Crippen LogP contribution < -0.4 is 5.32 Å². The second-order valence-corrected chi connectivity index (χ2v) is 5.22. The van der Waals surface area contributed by atoms with Gasteiger partial charge in [0.2, 0.25) is 0 Å². The second-order valence-electron chi connectivity index (χ2n) is 3.99. The fourth-order valence-electron chi connectivity index (χ4n) is 1.58. The van der Waals surface area contributed by atoms with Crippen LogP contribution in [-0.2, 0) is 0 Å². The molecular formula is C12H9N3O5S. The van der Waals surface area contributed by atoms with Crippen LogP contribution in [0.4, 0.5) is 11.4 Å². The second kappa shape index (κ2) is 5.67. The van der Waals surface area contributed by atoms with E-state index in [4.69, 9.17) is 5.11 Å². The molecule has 1 heterocycles. The minimum absolute atomic E-state index is 0.0100. The van der Waals surface area contributed by atoms with Crippen molar-refractivity contribution in [3.8, 4) is 0 Å². The third-order valence-electron chi connectivity index (χ3n) is 2.54. The van der Waals surface area contributed by atoms with E-state index in [2.05, 4.69) is 10.3 Å². The highest BCUT2D eigenvalue weighted by Gasteiger charge is 2.18. The fourth-order valence-corrected chi connectivity index (χ4v) is 2.25. The van der Waals surface area contributed by atoms with Gasteiger partial charge in [-0.05, 0) is 13.0 Å². The Morgan fingerprint density at radius 2 is 2.14 bits per heavy atom. The van der Waals surface area contributed by atoms with Gasteiger partial charge in [0.1, 0.15) is 4.88 Å². The summed E-state index contributed by atoms with van der Waals surface area (Å²) >= 11 is 1.16. The van der Waals surface area contributed by atoms with Crippen LogP contribution in [-0.4, -0.2) is 26.9 Å². The molecule has 0 aliphatic heterocycles. The third-order valence-corrected chi connectivity index (χ3v) is 3.45. The maximum atomic E-state index is 12.0. The summed E-state index contributed by atoms with van der Waals surface area (Å²) in [7, 11) is 0. The molecule has 0 fully saturated rings. The third kappa shape index (κ3) is 3.20. The van der Waals surface area contributed by atoms with E-state index < -0.39 is 16.8 Å². The monoisotopic (exact) mass is 307 g/mol. The van der Waals surface area contributed by atoms with Gasteiger partial charge in [-0.15, -0.1) is 11.3 Å². The summed E-state index contributed by atoms with van der Waals surface area (Å²) in [4.78, 5) is 37.3. The number of nitro groups is 1. The lowest BCUT2D eigenvalue weighted by Crippen LogP contribution is -2.14. The number of aryl methyl sites for hydroxylation is 1.